The number of nitrogens with zero attached hydrogens (tertiary/aromatic N) is 1. The summed E-state index contributed by atoms with van der Waals surface area (Å²) in [6.45, 7) is 0.0982. The van der Waals surface area contributed by atoms with Gasteiger partial charge in [0.05, 0.1) is 18.4 Å². The molecular weight excluding hydrogens is 369 g/mol. The molecule has 0 aliphatic carbocycles. The van der Waals surface area contributed by atoms with Crippen molar-refractivity contribution in [1.29, 1.82) is 0 Å². The van der Waals surface area contributed by atoms with Crippen molar-refractivity contribution in [3.05, 3.63) is 27.8 Å². The van der Waals surface area contributed by atoms with Crippen molar-refractivity contribution >= 4 is 38.6 Å². The Balaban J connectivity index is 2.80. The molecule has 0 fully saturated rings. The molecule has 0 bridgehead atoms. The highest BCUT2D eigenvalue weighted by molar-refractivity contribution is 14.1. The summed E-state index contributed by atoms with van der Waals surface area (Å²) < 4.78 is 30.8. The Morgan fingerprint density at radius 3 is 2.39 bits per heavy atom. The van der Waals surface area contributed by atoms with Crippen LogP contribution < -0.4 is 0 Å². The Labute approximate surface area is 120 Å². The highest BCUT2D eigenvalue weighted by Crippen LogP contribution is 2.16. The number of hydrogen-bond acceptors (Lipinski definition) is 4. The van der Waals surface area contributed by atoms with Crippen LogP contribution in [-0.2, 0) is 19.6 Å². The lowest BCUT2D eigenvalue weighted by Crippen LogP contribution is -2.29. The molecule has 0 aliphatic heterocycles. The second kappa shape index (κ2) is 6.48. The van der Waals surface area contributed by atoms with E-state index in [9.17, 15) is 13.2 Å². The third-order valence-electron chi connectivity index (χ3n) is 2.38. The summed E-state index contributed by atoms with van der Waals surface area (Å²) in [7, 11) is -0.823. The molecular formula is C11H14INO4S. The van der Waals surface area contributed by atoms with Gasteiger partial charge >= 0.3 is 5.97 Å². The van der Waals surface area contributed by atoms with Gasteiger partial charge in [0, 0.05) is 17.2 Å². The summed E-state index contributed by atoms with van der Waals surface area (Å²) in [6.07, 6.45) is 0.0383. The van der Waals surface area contributed by atoms with Gasteiger partial charge in [-0.1, -0.05) is 0 Å². The molecule has 0 unspecified atom stereocenters. The van der Waals surface area contributed by atoms with Crippen molar-refractivity contribution in [3.8, 4) is 0 Å². The first kappa shape index (κ1) is 15.4. The van der Waals surface area contributed by atoms with Crippen LogP contribution in [0.2, 0.25) is 0 Å². The number of carbonyl (C=O) groups is 1. The van der Waals surface area contributed by atoms with Crippen LogP contribution in [0.1, 0.15) is 6.42 Å². The van der Waals surface area contributed by atoms with Crippen LogP contribution in [-0.4, -0.2) is 39.4 Å². The fraction of sp³-hybridized carbons (Fsp3) is 0.364. The number of benzene rings is 1. The molecule has 7 heteroatoms. The van der Waals surface area contributed by atoms with E-state index in [4.69, 9.17) is 0 Å². The van der Waals surface area contributed by atoms with Crippen LogP contribution in [0.15, 0.2) is 29.2 Å². The van der Waals surface area contributed by atoms with Gasteiger partial charge in [-0.3, -0.25) is 4.79 Å². The smallest absolute Gasteiger partial charge is 0.306 e. The molecule has 0 amide bonds. The zero-order valence-corrected chi connectivity index (χ0v) is 13.1. The lowest BCUT2D eigenvalue weighted by molar-refractivity contribution is -0.140. The third-order valence-corrected chi connectivity index (χ3v) is 4.97. The van der Waals surface area contributed by atoms with Crippen LogP contribution in [0.5, 0.6) is 0 Å². The van der Waals surface area contributed by atoms with Crippen LogP contribution in [0, 0.1) is 3.57 Å². The fourth-order valence-corrected chi connectivity index (χ4v) is 2.79. The monoisotopic (exact) mass is 383 g/mol. The number of ether oxygens (including phenoxy) is 1. The summed E-state index contributed by atoms with van der Waals surface area (Å²) >= 11 is 2.10. The molecule has 0 aliphatic rings. The topological polar surface area (TPSA) is 63.7 Å². The highest BCUT2D eigenvalue weighted by Gasteiger charge is 2.21. The molecule has 0 heterocycles. The normalized spacial score (nSPS) is 11.6. The maximum atomic E-state index is 12.1. The van der Waals surface area contributed by atoms with Crippen molar-refractivity contribution in [2.75, 3.05) is 20.7 Å². The number of rotatable bonds is 5. The quantitative estimate of drug-likeness (QED) is 0.571. The lowest BCUT2D eigenvalue weighted by Gasteiger charge is -2.16. The van der Waals surface area contributed by atoms with Gasteiger partial charge in [-0.05, 0) is 46.9 Å². The number of esters is 1. The van der Waals surface area contributed by atoms with E-state index in [1.165, 1.54) is 14.2 Å². The van der Waals surface area contributed by atoms with E-state index in [0.717, 1.165) is 7.88 Å². The largest absolute Gasteiger partial charge is 0.469 e. The molecule has 5 nitrogen and oxygen atoms in total. The van der Waals surface area contributed by atoms with Crippen molar-refractivity contribution in [1.82, 2.24) is 4.31 Å². The predicted octanol–water partition coefficient (Wildman–Crippen LogP) is 1.47. The van der Waals surface area contributed by atoms with Crippen molar-refractivity contribution in [2.24, 2.45) is 0 Å². The van der Waals surface area contributed by atoms with E-state index in [2.05, 4.69) is 27.3 Å². The molecule has 0 aromatic heterocycles. The van der Waals surface area contributed by atoms with E-state index >= 15 is 0 Å². The number of methoxy groups -OCH3 is 1. The van der Waals surface area contributed by atoms with E-state index < -0.39 is 16.0 Å². The third kappa shape index (κ3) is 3.92. The summed E-state index contributed by atoms with van der Waals surface area (Å²) in [5.41, 5.74) is 0. The summed E-state index contributed by atoms with van der Waals surface area (Å²) in [5, 5.41) is 0. The number of halogens is 1. The number of carbonyl (C=O) groups excluding carboxylic acids is 1. The molecule has 1 aromatic rings. The second-order valence-corrected chi connectivity index (χ2v) is 6.90. The van der Waals surface area contributed by atoms with Gasteiger partial charge in [-0.2, -0.15) is 0 Å². The summed E-state index contributed by atoms with van der Waals surface area (Å²) in [5.74, 6) is -0.431. The molecule has 1 aromatic carbocycles. The molecule has 0 N–H and O–H groups in total. The van der Waals surface area contributed by atoms with Crippen LogP contribution >= 0.6 is 22.6 Å². The number of hydrogen-bond donors (Lipinski definition) is 0. The molecule has 0 radical (unpaired) electrons. The average Bonchev–Trinajstić information content (AvgIpc) is 2.35. The van der Waals surface area contributed by atoms with Gasteiger partial charge in [0.2, 0.25) is 10.0 Å². The van der Waals surface area contributed by atoms with E-state index in [0.29, 0.717) is 0 Å². The molecule has 0 saturated heterocycles. The van der Waals surface area contributed by atoms with Crippen LogP contribution in [0.25, 0.3) is 0 Å². The maximum absolute atomic E-state index is 12.1. The lowest BCUT2D eigenvalue weighted by atomic mass is 10.4. The van der Waals surface area contributed by atoms with Crippen molar-refractivity contribution < 1.29 is 17.9 Å². The Kier molecular flexibility index (Phi) is 5.54. The molecule has 0 saturated carbocycles. The minimum atomic E-state index is -3.54. The zero-order valence-electron chi connectivity index (χ0n) is 10.1. The van der Waals surface area contributed by atoms with E-state index in [1.54, 1.807) is 24.3 Å². The SMILES string of the molecule is COC(=O)CCN(C)S(=O)(=O)c1ccc(I)cc1. The molecule has 18 heavy (non-hydrogen) atoms. The van der Waals surface area contributed by atoms with Crippen LogP contribution in [0.4, 0.5) is 0 Å². The van der Waals surface area contributed by atoms with Gasteiger partial charge < -0.3 is 4.74 Å². The van der Waals surface area contributed by atoms with Gasteiger partial charge in [-0.25, -0.2) is 12.7 Å². The Morgan fingerprint density at radius 2 is 1.89 bits per heavy atom. The summed E-state index contributed by atoms with van der Waals surface area (Å²) in [4.78, 5) is 11.2. The first-order valence-electron chi connectivity index (χ1n) is 5.16. The molecule has 100 valence electrons. The Bertz CT molecular complexity index is 512. The molecule has 0 atom stereocenters. The average molecular weight is 383 g/mol. The first-order chi connectivity index (χ1) is 8.37. The summed E-state index contributed by atoms with van der Waals surface area (Å²) in [6, 6.07) is 6.54. The van der Waals surface area contributed by atoms with E-state index in [1.807, 2.05) is 0 Å². The van der Waals surface area contributed by atoms with E-state index in [-0.39, 0.29) is 17.9 Å². The minimum absolute atomic E-state index is 0.0383. The van der Waals surface area contributed by atoms with Gasteiger partial charge in [0.15, 0.2) is 0 Å². The van der Waals surface area contributed by atoms with Crippen molar-refractivity contribution in [3.63, 3.8) is 0 Å². The zero-order chi connectivity index (χ0) is 13.8. The minimum Gasteiger partial charge on any atom is -0.469 e. The van der Waals surface area contributed by atoms with Crippen molar-refractivity contribution in [2.45, 2.75) is 11.3 Å². The van der Waals surface area contributed by atoms with Gasteiger partial charge in [-0.15, -0.1) is 0 Å². The van der Waals surface area contributed by atoms with Crippen LogP contribution in [0.3, 0.4) is 0 Å². The molecule has 1 rings (SSSR count). The predicted molar refractivity (Wildman–Crippen MR) is 75.6 cm³/mol. The molecule has 0 spiro atoms. The maximum Gasteiger partial charge on any atom is 0.306 e. The highest BCUT2D eigenvalue weighted by atomic mass is 127. The first-order valence-corrected chi connectivity index (χ1v) is 7.68. The van der Waals surface area contributed by atoms with Gasteiger partial charge in [0.25, 0.3) is 0 Å². The Morgan fingerprint density at radius 1 is 1.33 bits per heavy atom. The van der Waals surface area contributed by atoms with Gasteiger partial charge in [0.1, 0.15) is 0 Å². The number of sulfonamides is 1. The Hall–Kier alpha value is -0.670. The fourth-order valence-electron chi connectivity index (χ4n) is 1.26. The standard InChI is InChI=1S/C11H14INO4S/c1-13(8-7-11(14)17-2)18(15,16)10-5-3-9(12)4-6-10/h3-6H,7-8H2,1-2H3. The second-order valence-electron chi connectivity index (χ2n) is 3.61.